The van der Waals surface area contributed by atoms with E-state index in [4.69, 9.17) is 10.00 Å². The number of nitrogens with one attached hydrogen (secondary N) is 2. The number of hydrogen-bond acceptors (Lipinski definition) is 12. The molecular weight excluding hydrogens is 759 g/mol. The van der Waals surface area contributed by atoms with Crippen molar-refractivity contribution in [2.45, 2.75) is 56.8 Å². The van der Waals surface area contributed by atoms with Crippen LogP contribution in [0.2, 0.25) is 0 Å². The summed E-state index contributed by atoms with van der Waals surface area (Å²) in [4.78, 5) is 70.6. The average molecular weight is 800 g/mol. The maximum atomic E-state index is 13.4. The Morgan fingerprint density at radius 3 is 2.19 bits per heavy atom. The van der Waals surface area contributed by atoms with Crippen molar-refractivity contribution in [3.63, 3.8) is 0 Å². The molecule has 2 aromatic carbocycles. The topological polar surface area (TPSA) is 181 Å². The van der Waals surface area contributed by atoms with Crippen molar-refractivity contribution in [2.24, 2.45) is 11.8 Å². The van der Waals surface area contributed by atoms with Crippen LogP contribution >= 0.6 is 0 Å². The fourth-order valence-corrected chi connectivity index (χ4v) is 8.45. The number of rotatable bonds is 9. The van der Waals surface area contributed by atoms with Gasteiger partial charge in [0, 0.05) is 75.6 Å². The molecule has 58 heavy (non-hydrogen) atoms. The van der Waals surface area contributed by atoms with Gasteiger partial charge in [-0.15, -0.1) is 10.2 Å². The molecule has 1 aromatic heterocycles. The van der Waals surface area contributed by atoms with E-state index >= 15 is 0 Å². The number of imide groups is 2. The summed E-state index contributed by atoms with van der Waals surface area (Å²) in [5.74, 6) is -1.56. The number of ether oxygens (including phenoxy) is 1. The van der Waals surface area contributed by atoms with Gasteiger partial charge < -0.3 is 19.9 Å². The first kappa shape index (κ1) is 38.8. The fourth-order valence-electron chi connectivity index (χ4n) is 8.45. The lowest BCUT2D eigenvalue weighted by Crippen LogP contribution is -2.55. The number of amides is 5. The molecule has 4 fully saturated rings. The second-order valence-electron chi connectivity index (χ2n) is 15.4. The number of likely N-dealkylation sites (tertiary alicyclic amines) is 1. The van der Waals surface area contributed by atoms with Crippen molar-refractivity contribution in [3.8, 4) is 11.9 Å². The molecule has 5 aliphatic heterocycles. The number of hydrogen-bond donors (Lipinski definition) is 2. The zero-order valence-corrected chi connectivity index (χ0v) is 31.3. The molecule has 6 heterocycles. The molecule has 0 bridgehead atoms. The highest BCUT2D eigenvalue weighted by atomic mass is 19.4. The van der Waals surface area contributed by atoms with E-state index in [1.54, 1.807) is 35.2 Å². The van der Waals surface area contributed by atoms with Crippen LogP contribution in [0.4, 0.5) is 30.4 Å². The molecule has 5 aliphatic rings. The molecule has 0 radical (unpaired) electrons. The third-order valence-corrected chi connectivity index (χ3v) is 11.7. The average Bonchev–Trinajstić information content (AvgIpc) is 3.45. The number of fused-ring (bicyclic) bond motifs is 1. The molecule has 0 aliphatic carbocycles. The molecule has 3 aromatic rings. The SMILES string of the molecule is N#Cc1ccc(N2CCC(C(=O)Nc3ccc(OC4CN(CC5CCN(c6ccc7c(c6)C(=O)N(C6CCC(=O)NC6=O)C7=O)CC5)C4)nn3)CC2)cc1C(F)(F)F. The number of aromatic nitrogens is 2. The van der Waals surface area contributed by atoms with Gasteiger partial charge in [0.1, 0.15) is 12.1 Å². The normalized spacial score (nSPS) is 21.1. The lowest BCUT2D eigenvalue weighted by Gasteiger charge is -2.42. The molecule has 5 amide bonds. The van der Waals surface area contributed by atoms with E-state index in [-0.39, 0.29) is 47.7 Å². The summed E-state index contributed by atoms with van der Waals surface area (Å²) < 4.78 is 46.3. The summed E-state index contributed by atoms with van der Waals surface area (Å²) >= 11 is 0. The second kappa shape index (κ2) is 15.7. The molecule has 302 valence electrons. The van der Waals surface area contributed by atoms with E-state index < -0.39 is 47.0 Å². The first-order chi connectivity index (χ1) is 27.8. The first-order valence-electron chi connectivity index (χ1n) is 19.3. The zero-order valence-electron chi connectivity index (χ0n) is 31.3. The maximum Gasteiger partial charge on any atom is 0.417 e. The number of halogens is 3. The minimum absolute atomic E-state index is 0.0465. The van der Waals surface area contributed by atoms with E-state index in [1.807, 2.05) is 6.07 Å². The van der Waals surface area contributed by atoms with Crippen molar-refractivity contribution in [1.29, 1.82) is 5.26 Å². The van der Waals surface area contributed by atoms with Gasteiger partial charge in [0.05, 0.1) is 28.3 Å². The summed E-state index contributed by atoms with van der Waals surface area (Å²) in [6.45, 7) is 4.75. The number of nitriles is 1. The standard InChI is InChI=1S/C40H40F3N9O6/c41-40(42,43)31-18-27(2-1-25(31)19-44)51-15-11-24(12-16-51)36(54)45-33-6-8-35(48-47-33)58-28-21-49(22-28)20-23-9-13-50(14-10-23)26-3-4-29-30(17-26)39(57)52(38(29)56)32-5-7-34(53)46-37(32)55/h1-4,6,8,17-18,23-24,28,32H,5,7,9-16,20-22H2,(H,45,47,54)(H,46,53,55). The summed E-state index contributed by atoms with van der Waals surface area (Å²) in [7, 11) is 0. The highest BCUT2D eigenvalue weighted by Crippen LogP contribution is 2.36. The Kier molecular flexibility index (Phi) is 10.5. The minimum atomic E-state index is -4.64. The Morgan fingerprint density at radius 1 is 0.862 bits per heavy atom. The lowest BCUT2D eigenvalue weighted by molar-refractivity contribution is -0.138. The first-order valence-corrected chi connectivity index (χ1v) is 19.3. The van der Waals surface area contributed by atoms with Crippen LogP contribution < -0.4 is 25.2 Å². The third kappa shape index (κ3) is 7.90. The molecular formula is C40H40F3N9O6. The summed E-state index contributed by atoms with van der Waals surface area (Å²) in [5, 5.41) is 22.3. The van der Waals surface area contributed by atoms with Gasteiger partial charge in [0.15, 0.2) is 5.82 Å². The zero-order chi connectivity index (χ0) is 40.7. The van der Waals surface area contributed by atoms with E-state index in [9.17, 15) is 37.1 Å². The highest BCUT2D eigenvalue weighted by molar-refractivity contribution is 6.23. The van der Waals surface area contributed by atoms with Gasteiger partial charge in [0.2, 0.25) is 23.6 Å². The molecule has 0 saturated carbocycles. The molecule has 15 nitrogen and oxygen atoms in total. The summed E-state index contributed by atoms with van der Waals surface area (Å²) in [6, 6.07) is 12.8. The van der Waals surface area contributed by atoms with Crippen LogP contribution in [0.25, 0.3) is 0 Å². The highest BCUT2D eigenvalue weighted by Gasteiger charge is 2.45. The van der Waals surface area contributed by atoms with E-state index in [2.05, 4.69) is 30.6 Å². The van der Waals surface area contributed by atoms with Gasteiger partial charge in [-0.2, -0.15) is 18.4 Å². The monoisotopic (exact) mass is 799 g/mol. The number of anilines is 3. The Hall–Kier alpha value is -6.09. The number of carbonyl (C=O) groups excluding carboxylic acids is 5. The predicted octanol–water partition coefficient (Wildman–Crippen LogP) is 3.60. The van der Waals surface area contributed by atoms with Crippen LogP contribution in [0.1, 0.15) is 70.4 Å². The maximum absolute atomic E-state index is 13.4. The number of carbonyl (C=O) groups is 5. The lowest BCUT2D eigenvalue weighted by atomic mass is 9.94. The molecule has 1 unspecified atom stereocenters. The van der Waals surface area contributed by atoms with Crippen molar-refractivity contribution >= 4 is 46.7 Å². The number of alkyl halides is 3. The van der Waals surface area contributed by atoms with Gasteiger partial charge in [-0.1, -0.05) is 0 Å². The van der Waals surface area contributed by atoms with E-state index in [1.165, 1.54) is 12.1 Å². The molecule has 2 N–H and O–H groups in total. The van der Waals surface area contributed by atoms with Crippen molar-refractivity contribution in [2.75, 3.05) is 60.9 Å². The Labute approximate surface area is 331 Å². The van der Waals surface area contributed by atoms with Crippen molar-refractivity contribution < 1.29 is 41.9 Å². The van der Waals surface area contributed by atoms with Crippen LogP contribution in [-0.4, -0.2) is 107 Å². The van der Waals surface area contributed by atoms with Crippen molar-refractivity contribution in [3.05, 3.63) is 70.8 Å². The van der Waals surface area contributed by atoms with Gasteiger partial charge in [-0.3, -0.25) is 39.1 Å². The van der Waals surface area contributed by atoms with Gasteiger partial charge in [0.25, 0.3) is 11.8 Å². The van der Waals surface area contributed by atoms with E-state index in [0.717, 1.165) is 62.2 Å². The summed E-state index contributed by atoms with van der Waals surface area (Å²) in [5.41, 5.74) is 0.352. The van der Waals surface area contributed by atoms with Gasteiger partial charge in [-0.25, -0.2) is 0 Å². The Bertz CT molecular complexity index is 2170. The molecule has 0 spiro atoms. The Morgan fingerprint density at radius 2 is 1.53 bits per heavy atom. The number of piperidine rings is 3. The molecule has 8 rings (SSSR count). The smallest absolute Gasteiger partial charge is 0.417 e. The van der Waals surface area contributed by atoms with Gasteiger partial charge >= 0.3 is 6.18 Å². The Balaban J connectivity index is 0.746. The minimum Gasteiger partial charge on any atom is -0.471 e. The molecule has 18 heteroatoms. The van der Waals surface area contributed by atoms with Crippen LogP contribution in [0.5, 0.6) is 5.88 Å². The number of benzene rings is 2. The summed E-state index contributed by atoms with van der Waals surface area (Å²) in [6.07, 6.45) is -1.73. The van der Waals surface area contributed by atoms with Crippen LogP contribution in [-0.2, 0) is 20.6 Å². The fraction of sp³-hybridized carbons (Fsp3) is 0.450. The van der Waals surface area contributed by atoms with Crippen molar-refractivity contribution in [1.82, 2.24) is 25.3 Å². The van der Waals surface area contributed by atoms with Crippen LogP contribution in [0, 0.1) is 23.2 Å². The van der Waals surface area contributed by atoms with Crippen LogP contribution in [0.3, 0.4) is 0 Å². The van der Waals surface area contributed by atoms with E-state index in [0.29, 0.717) is 43.4 Å². The predicted molar refractivity (Wildman–Crippen MR) is 201 cm³/mol. The third-order valence-electron chi connectivity index (χ3n) is 11.7. The quantitative estimate of drug-likeness (QED) is 0.301. The van der Waals surface area contributed by atoms with Gasteiger partial charge in [-0.05, 0) is 80.5 Å². The number of nitrogens with zero attached hydrogens (tertiary/aromatic N) is 7. The molecule has 1 atom stereocenters. The largest absolute Gasteiger partial charge is 0.471 e. The molecule has 4 saturated heterocycles. The second-order valence-corrected chi connectivity index (χ2v) is 15.4. The van der Waals surface area contributed by atoms with Crippen LogP contribution in [0.15, 0.2) is 48.5 Å².